The summed E-state index contributed by atoms with van der Waals surface area (Å²) in [5.41, 5.74) is 0.946. The van der Waals surface area contributed by atoms with E-state index in [1.165, 1.54) is 12.8 Å². The first-order valence-corrected chi connectivity index (χ1v) is 8.14. The van der Waals surface area contributed by atoms with Crippen LogP contribution in [0.1, 0.15) is 33.1 Å². The van der Waals surface area contributed by atoms with Gasteiger partial charge in [-0.1, -0.05) is 26.7 Å². The summed E-state index contributed by atoms with van der Waals surface area (Å²) >= 11 is 0. The SMILES string of the molecule is CCC(CC)CNC(=NC)Nc1ccc2c(c1)OCCCO2.I. The van der Waals surface area contributed by atoms with Gasteiger partial charge in [0.1, 0.15) is 0 Å². The molecule has 0 unspecified atom stereocenters. The average molecular weight is 433 g/mol. The number of guanidine groups is 1. The van der Waals surface area contributed by atoms with E-state index >= 15 is 0 Å². The van der Waals surface area contributed by atoms with E-state index in [0.717, 1.165) is 36.1 Å². The molecule has 1 heterocycles. The van der Waals surface area contributed by atoms with Crippen molar-refractivity contribution in [1.82, 2.24) is 5.32 Å². The van der Waals surface area contributed by atoms with E-state index in [4.69, 9.17) is 9.47 Å². The lowest BCUT2D eigenvalue weighted by Gasteiger charge is -2.17. The number of ether oxygens (including phenoxy) is 2. The molecule has 1 aliphatic rings. The van der Waals surface area contributed by atoms with Gasteiger partial charge >= 0.3 is 0 Å². The first-order valence-electron chi connectivity index (χ1n) is 8.14. The van der Waals surface area contributed by atoms with Crippen molar-refractivity contribution in [3.8, 4) is 11.5 Å². The topological polar surface area (TPSA) is 54.9 Å². The van der Waals surface area contributed by atoms with E-state index in [2.05, 4.69) is 29.5 Å². The fraction of sp³-hybridized carbons (Fsp3) is 0.588. The highest BCUT2D eigenvalue weighted by molar-refractivity contribution is 14.0. The van der Waals surface area contributed by atoms with Crippen LogP contribution in [0.2, 0.25) is 0 Å². The largest absolute Gasteiger partial charge is 0.490 e. The van der Waals surface area contributed by atoms with Gasteiger partial charge in [0.25, 0.3) is 0 Å². The second kappa shape index (κ2) is 10.6. The second-order valence-electron chi connectivity index (χ2n) is 5.47. The fourth-order valence-corrected chi connectivity index (χ4v) is 2.38. The zero-order chi connectivity index (χ0) is 15.8. The zero-order valence-electron chi connectivity index (χ0n) is 14.2. The quantitative estimate of drug-likeness (QED) is 0.421. The summed E-state index contributed by atoms with van der Waals surface area (Å²) in [5, 5.41) is 6.69. The molecule has 130 valence electrons. The number of fused-ring (bicyclic) bond motifs is 1. The molecule has 0 spiro atoms. The van der Waals surface area contributed by atoms with Crippen molar-refractivity contribution in [2.24, 2.45) is 10.9 Å². The van der Waals surface area contributed by atoms with E-state index in [9.17, 15) is 0 Å². The molecule has 6 heteroatoms. The number of benzene rings is 1. The number of halogens is 1. The lowest BCUT2D eigenvalue weighted by Crippen LogP contribution is -2.34. The summed E-state index contributed by atoms with van der Waals surface area (Å²) in [7, 11) is 1.78. The minimum Gasteiger partial charge on any atom is -0.490 e. The molecule has 0 amide bonds. The molecule has 2 N–H and O–H groups in total. The van der Waals surface area contributed by atoms with E-state index < -0.39 is 0 Å². The molecule has 0 atom stereocenters. The number of hydrogen-bond acceptors (Lipinski definition) is 3. The third-order valence-corrected chi connectivity index (χ3v) is 3.95. The van der Waals surface area contributed by atoms with Crippen LogP contribution in [0, 0.1) is 5.92 Å². The zero-order valence-corrected chi connectivity index (χ0v) is 16.6. The van der Waals surface area contributed by atoms with Gasteiger partial charge in [-0.25, -0.2) is 0 Å². The molecule has 0 saturated carbocycles. The maximum absolute atomic E-state index is 5.71. The highest BCUT2D eigenvalue weighted by Crippen LogP contribution is 2.32. The molecule has 1 aliphatic heterocycles. The molecule has 0 aliphatic carbocycles. The Labute approximate surface area is 156 Å². The summed E-state index contributed by atoms with van der Waals surface area (Å²) in [5.74, 6) is 3.05. The van der Waals surface area contributed by atoms with Gasteiger partial charge in [0, 0.05) is 31.8 Å². The van der Waals surface area contributed by atoms with Gasteiger partial charge in [0.15, 0.2) is 17.5 Å². The number of rotatable bonds is 5. The Balaban J connectivity index is 0.00000264. The normalized spacial score (nSPS) is 14.0. The van der Waals surface area contributed by atoms with Crippen LogP contribution in [-0.2, 0) is 0 Å². The smallest absolute Gasteiger partial charge is 0.195 e. The fourth-order valence-electron chi connectivity index (χ4n) is 2.38. The summed E-state index contributed by atoms with van der Waals surface area (Å²) in [4.78, 5) is 4.28. The highest BCUT2D eigenvalue weighted by atomic mass is 127. The van der Waals surface area contributed by atoms with Gasteiger partial charge < -0.3 is 20.1 Å². The maximum atomic E-state index is 5.71. The van der Waals surface area contributed by atoms with Crippen LogP contribution < -0.4 is 20.1 Å². The monoisotopic (exact) mass is 433 g/mol. The van der Waals surface area contributed by atoms with Gasteiger partial charge in [-0.15, -0.1) is 24.0 Å². The Morgan fingerprint density at radius 1 is 1.17 bits per heavy atom. The minimum absolute atomic E-state index is 0. The van der Waals surface area contributed by atoms with Crippen molar-refractivity contribution in [3.05, 3.63) is 18.2 Å². The lowest BCUT2D eigenvalue weighted by atomic mass is 10.0. The Morgan fingerprint density at radius 2 is 1.87 bits per heavy atom. The Kier molecular flexibility index (Phi) is 9.13. The van der Waals surface area contributed by atoms with E-state index in [0.29, 0.717) is 19.1 Å². The number of aliphatic imine (C=N–C) groups is 1. The van der Waals surface area contributed by atoms with E-state index in [1.54, 1.807) is 7.05 Å². The van der Waals surface area contributed by atoms with Crippen molar-refractivity contribution >= 4 is 35.6 Å². The van der Waals surface area contributed by atoms with Gasteiger partial charge in [-0.2, -0.15) is 0 Å². The molecule has 0 saturated heterocycles. The van der Waals surface area contributed by atoms with Crippen molar-refractivity contribution in [2.75, 3.05) is 32.1 Å². The minimum atomic E-state index is 0. The van der Waals surface area contributed by atoms with Gasteiger partial charge in [-0.05, 0) is 18.1 Å². The highest BCUT2D eigenvalue weighted by Gasteiger charge is 2.11. The first-order chi connectivity index (χ1) is 10.8. The molecule has 0 radical (unpaired) electrons. The molecule has 1 aromatic carbocycles. The summed E-state index contributed by atoms with van der Waals surface area (Å²) < 4.78 is 11.4. The predicted octanol–water partition coefficient (Wildman–Crippen LogP) is 3.89. The van der Waals surface area contributed by atoms with Crippen LogP contribution in [0.3, 0.4) is 0 Å². The van der Waals surface area contributed by atoms with Crippen molar-refractivity contribution < 1.29 is 9.47 Å². The van der Waals surface area contributed by atoms with Crippen LogP contribution in [0.15, 0.2) is 23.2 Å². The van der Waals surface area contributed by atoms with Crippen LogP contribution in [-0.4, -0.2) is 32.8 Å². The third-order valence-electron chi connectivity index (χ3n) is 3.95. The van der Waals surface area contributed by atoms with E-state index in [1.807, 2.05) is 18.2 Å². The molecule has 1 aromatic rings. The van der Waals surface area contributed by atoms with Crippen molar-refractivity contribution in [3.63, 3.8) is 0 Å². The lowest BCUT2D eigenvalue weighted by molar-refractivity contribution is 0.297. The Hall–Kier alpha value is -1.18. The van der Waals surface area contributed by atoms with Gasteiger partial charge in [0.05, 0.1) is 13.2 Å². The number of hydrogen-bond donors (Lipinski definition) is 2. The predicted molar refractivity (Wildman–Crippen MR) is 107 cm³/mol. The standard InChI is InChI=1S/C17H27N3O2.HI/c1-4-13(5-2)12-19-17(18-3)20-14-7-8-15-16(11-14)22-10-6-9-21-15;/h7-8,11,13H,4-6,9-10,12H2,1-3H3,(H2,18,19,20);1H. The third kappa shape index (κ3) is 6.08. The van der Waals surface area contributed by atoms with Gasteiger partial charge in [-0.3, -0.25) is 4.99 Å². The summed E-state index contributed by atoms with van der Waals surface area (Å²) in [6, 6.07) is 5.89. The number of anilines is 1. The van der Waals surface area contributed by atoms with Crippen LogP contribution >= 0.6 is 24.0 Å². The Morgan fingerprint density at radius 3 is 2.52 bits per heavy atom. The summed E-state index contributed by atoms with van der Waals surface area (Å²) in [6.07, 6.45) is 3.26. The molecule has 5 nitrogen and oxygen atoms in total. The van der Waals surface area contributed by atoms with E-state index in [-0.39, 0.29) is 24.0 Å². The molecular weight excluding hydrogens is 405 g/mol. The van der Waals surface area contributed by atoms with Crippen molar-refractivity contribution in [1.29, 1.82) is 0 Å². The summed E-state index contributed by atoms with van der Waals surface area (Å²) in [6.45, 7) is 6.76. The van der Waals surface area contributed by atoms with Crippen LogP contribution in [0.25, 0.3) is 0 Å². The number of nitrogens with one attached hydrogen (secondary N) is 2. The Bertz CT molecular complexity index is 505. The molecule has 2 rings (SSSR count). The van der Waals surface area contributed by atoms with Crippen molar-refractivity contribution in [2.45, 2.75) is 33.1 Å². The molecule has 0 bridgehead atoms. The molecule has 0 fully saturated rings. The van der Waals surface area contributed by atoms with Gasteiger partial charge in [0.2, 0.25) is 0 Å². The molecule has 23 heavy (non-hydrogen) atoms. The second-order valence-corrected chi connectivity index (χ2v) is 5.47. The molecule has 0 aromatic heterocycles. The van der Waals surface area contributed by atoms with Crippen LogP contribution in [0.4, 0.5) is 5.69 Å². The maximum Gasteiger partial charge on any atom is 0.195 e. The average Bonchev–Trinajstić information content (AvgIpc) is 2.79. The number of nitrogens with zero attached hydrogens (tertiary/aromatic N) is 1. The molecular formula is C17H28IN3O2. The van der Waals surface area contributed by atoms with Crippen LogP contribution in [0.5, 0.6) is 11.5 Å². The first kappa shape index (κ1) is 19.9.